The Kier molecular flexibility index (Phi) is 4.30. The highest BCUT2D eigenvalue weighted by Gasteiger charge is 2.41. The lowest BCUT2D eigenvalue weighted by atomic mass is 10.2. The molecule has 0 saturated carbocycles. The van der Waals surface area contributed by atoms with Crippen LogP contribution in [0.15, 0.2) is 17.0 Å². The average molecular weight is 338 g/mol. The highest BCUT2D eigenvalue weighted by Crippen LogP contribution is 2.36. The van der Waals surface area contributed by atoms with Crippen molar-refractivity contribution in [2.75, 3.05) is 6.54 Å². The topological polar surface area (TPSA) is 74.7 Å². The molecule has 1 aromatic carbocycles. The van der Waals surface area contributed by atoms with Crippen LogP contribution in [0.4, 0.5) is 0 Å². The maximum Gasteiger partial charge on any atom is 0.322 e. The number of sulfonamides is 1. The van der Waals surface area contributed by atoms with Gasteiger partial charge in [0.2, 0.25) is 10.0 Å². The van der Waals surface area contributed by atoms with Crippen molar-refractivity contribution in [2.24, 2.45) is 0 Å². The van der Waals surface area contributed by atoms with E-state index in [1.165, 1.54) is 6.07 Å². The van der Waals surface area contributed by atoms with Crippen LogP contribution in [0, 0.1) is 6.92 Å². The number of carbonyl (C=O) groups is 1. The molecule has 1 atom stereocenters. The van der Waals surface area contributed by atoms with Crippen molar-refractivity contribution in [3.63, 3.8) is 0 Å². The Labute approximate surface area is 127 Å². The lowest BCUT2D eigenvalue weighted by Crippen LogP contribution is -2.40. The van der Waals surface area contributed by atoms with Crippen molar-refractivity contribution >= 4 is 39.2 Å². The fourth-order valence-corrected chi connectivity index (χ4v) is 5.05. The molecule has 1 aliphatic rings. The lowest BCUT2D eigenvalue weighted by Gasteiger charge is -2.22. The average Bonchev–Trinajstić information content (AvgIpc) is 2.84. The van der Waals surface area contributed by atoms with Gasteiger partial charge in [-0.25, -0.2) is 8.42 Å². The van der Waals surface area contributed by atoms with Crippen LogP contribution in [-0.2, 0) is 14.8 Å². The normalized spacial score (nSPS) is 20.2. The summed E-state index contributed by atoms with van der Waals surface area (Å²) in [6, 6.07) is 2.00. The van der Waals surface area contributed by atoms with E-state index in [9.17, 15) is 13.2 Å². The third kappa shape index (κ3) is 2.53. The van der Waals surface area contributed by atoms with Crippen molar-refractivity contribution < 1.29 is 18.3 Å². The van der Waals surface area contributed by atoms with Gasteiger partial charge in [-0.2, -0.15) is 4.31 Å². The van der Waals surface area contributed by atoms with Crippen molar-refractivity contribution in [2.45, 2.75) is 30.7 Å². The number of hydrogen-bond donors (Lipinski definition) is 1. The molecule has 0 radical (unpaired) electrons. The van der Waals surface area contributed by atoms with E-state index in [0.29, 0.717) is 12.0 Å². The molecule has 1 heterocycles. The number of nitrogens with zero attached hydrogens (tertiary/aromatic N) is 1. The first-order valence-corrected chi connectivity index (χ1v) is 8.15. The molecular weight excluding hydrogens is 325 g/mol. The molecule has 8 heteroatoms. The first-order valence-electron chi connectivity index (χ1n) is 5.96. The molecule has 20 heavy (non-hydrogen) atoms. The minimum atomic E-state index is -4.03. The fraction of sp³-hybridized carbons (Fsp3) is 0.417. The molecule has 1 saturated heterocycles. The molecule has 1 fully saturated rings. The quantitative estimate of drug-likeness (QED) is 0.919. The van der Waals surface area contributed by atoms with Gasteiger partial charge < -0.3 is 5.11 Å². The molecule has 0 spiro atoms. The standard InChI is InChI=1S/C12H13Cl2NO4S/c1-7-4-5-8(13)11(10(7)14)20(18,19)15-6-2-3-9(15)12(16)17/h4-5,9H,2-3,6H2,1H3,(H,16,17)/t9-/m0/s1. The van der Waals surface area contributed by atoms with E-state index in [-0.39, 0.29) is 27.9 Å². The van der Waals surface area contributed by atoms with Crippen LogP contribution in [-0.4, -0.2) is 36.4 Å². The summed E-state index contributed by atoms with van der Waals surface area (Å²) in [5, 5.41) is 9.15. The zero-order valence-corrected chi connectivity index (χ0v) is 13.0. The Balaban J connectivity index is 2.57. The minimum Gasteiger partial charge on any atom is -0.480 e. The molecule has 0 bridgehead atoms. The van der Waals surface area contributed by atoms with Crippen LogP contribution >= 0.6 is 23.2 Å². The van der Waals surface area contributed by atoms with E-state index in [4.69, 9.17) is 28.3 Å². The van der Waals surface area contributed by atoms with Crippen LogP contribution in [0.3, 0.4) is 0 Å². The molecule has 110 valence electrons. The second-order valence-corrected chi connectivity index (χ2v) is 7.23. The number of rotatable bonds is 3. The summed E-state index contributed by atoms with van der Waals surface area (Å²) in [4.78, 5) is 10.9. The van der Waals surface area contributed by atoms with E-state index < -0.39 is 22.0 Å². The fourth-order valence-electron chi connectivity index (χ4n) is 2.26. The number of aryl methyl sites for hydroxylation is 1. The lowest BCUT2D eigenvalue weighted by molar-refractivity contribution is -0.140. The van der Waals surface area contributed by atoms with E-state index in [2.05, 4.69) is 0 Å². The van der Waals surface area contributed by atoms with E-state index in [1.54, 1.807) is 13.0 Å². The van der Waals surface area contributed by atoms with Gasteiger partial charge in [-0.1, -0.05) is 29.3 Å². The first kappa shape index (κ1) is 15.6. The summed E-state index contributed by atoms with van der Waals surface area (Å²) in [7, 11) is -4.03. The largest absolute Gasteiger partial charge is 0.480 e. The molecule has 0 unspecified atom stereocenters. The summed E-state index contributed by atoms with van der Waals surface area (Å²) in [5.74, 6) is -1.16. The summed E-state index contributed by atoms with van der Waals surface area (Å²) in [6.07, 6.45) is 0.785. The molecule has 0 aliphatic carbocycles. The number of carboxylic acids is 1. The van der Waals surface area contributed by atoms with Gasteiger partial charge in [0, 0.05) is 6.54 Å². The first-order chi connectivity index (χ1) is 9.26. The minimum absolute atomic E-state index is 0.00311. The van der Waals surface area contributed by atoms with Crippen molar-refractivity contribution in [3.05, 3.63) is 27.7 Å². The highest BCUT2D eigenvalue weighted by atomic mass is 35.5. The van der Waals surface area contributed by atoms with Gasteiger partial charge in [0.25, 0.3) is 0 Å². The Morgan fingerprint density at radius 3 is 2.65 bits per heavy atom. The molecule has 0 aromatic heterocycles. The predicted molar refractivity (Wildman–Crippen MR) is 75.7 cm³/mol. The Morgan fingerprint density at radius 2 is 2.05 bits per heavy atom. The van der Waals surface area contributed by atoms with Gasteiger partial charge in [-0.15, -0.1) is 0 Å². The van der Waals surface area contributed by atoms with E-state index in [0.717, 1.165) is 4.31 Å². The second-order valence-electron chi connectivity index (χ2n) is 4.62. The van der Waals surface area contributed by atoms with Gasteiger partial charge in [0.1, 0.15) is 10.9 Å². The highest BCUT2D eigenvalue weighted by molar-refractivity contribution is 7.89. The van der Waals surface area contributed by atoms with Crippen molar-refractivity contribution in [1.82, 2.24) is 4.31 Å². The van der Waals surface area contributed by atoms with Gasteiger partial charge in [-0.05, 0) is 31.4 Å². The molecule has 1 aliphatic heterocycles. The number of hydrogen-bond acceptors (Lipinski definition) is 3. The van der Waals surface area contributed by atoms with Crippen molar-refractivity contribution in [3.8, 4) is 0 Å². The van der Waals surface area contributed by atoms with Crippen LogP contribution in [0.1, 0.15) is 18.4 Å². The summed E-state index contributed by atoms with van der Waals surface area (Å²) >= 11 is 12.0. The SMILES string of the molecule is Cc1ccc(Cl)c(S(=O)(=O)N2CCC[C@H]2C(=O)O)c1Cl. The second kappa shape index (κ2) is 5.52. The monoisotopic (exact) mass is 337 g/mol. The predicted octanol–water partition coefficient (Wildman–Crippen LogP) is 2.54. The maximum atomic E-state index is 12.6. The van der Waals surface area contributed by atoms with Crippen LogP contribution in [0.25, 0.3) is 0 Å². The van der Waals surface area contributed by atoms with E-state index in [1.807, 2.05) is 0 Å². The smallest absolute Gasteiger partial charge is 0.322 e. The van der Waals surface area contributed by atoms with Gasteiger partial charge in [-0.3, -0.25) is 4.79 Å². The number of halogens is 2. The molecular formula is C12H13Cl2NO4S. The molecule has 0 amide bonds. The molecule has 2 rings (SSSR count). The molecule has 1 N–H and O–H groups in total. The Bertz CT molecular complexity index is 660. The van der Waals surface area contributed by atoms with Gasteiger partial charge in [0.05, 0.1) is 10.0 Å². The van der Waals surface area contributed by atoms with Crippen LogP contribution in [0.5, 0.6) is 0 Å². The summed E-state index contributed by atoms with van der Waals surface area (Å²) in [6.45, 7) is 1.82. The number of aliphatic carboxylic acids is 1. The third-order valence-corrected chi connectivity index (χ3v) is 6.32. The van der Waals surface area contributed by atoms with E-state index >= 15 is 0 Å². The maximum absolute atomic E-state index is 12.6. The third-order valence-electron chi connectivity index (χ3n) is 3.30. The molecule has 1 aromatic rings. The number of carboxylic acid groups (broad SMARTS) is 1. The Hall–Kier alpha value is -0.820. The number of benzene rings is 1. The van der Waals surface area contributed by atoms with Crippen molar-refractivity contribution in [1.29, 1.82) is 0 Å². The van der Waals surface area contributed by atoms with Crippen LogP contribution < -0.4 is 0 Å². The zero-order valence-electron chi connectivity index (χ0n) is 10.6. The Morgan fingerprint density at radius 1 is 1.40 bits per heavy atom. The molecule has 5 nitrogen and oxygen atoms in total. The van der Waals surface area contributed by atoms with Gasteiger partial charge >= 0.3 is 5.97 Å². The zero-order chi connectivity index (χ0) is 15.1. The van der Waals surface area contributed by atoms with Gasteiger partial charge in [0.15, 0.2) is 0 Å². The summed E-state index contributed by atoms with van der Waals surface area (Å²) in [5.41, 5.74) is 0.570. The van der Waals surface area contributed by atoms with Crippen LogP contribution in [0.2, 0.25) is 10.0 Å². The summed E-state index contributed by atoms with van der Waals surface area (Å²) < 4.78 is 26.2.